The second-order valence-corrected chi connectivity index (χ2v) is 6.67. The van der Waals surface area contributed by atoms with Crippen LogP contribution in [0.2, 0.25) is 0 Å². The number of thiazole rings is 1. The van der Waals surface area contributed by atoms with Gasteiger partial charge in [-0.2, -0.15) is 0 Å². The lowest BCUT2D eigenvalue weighted by atomic mass is 10.1. The number of fused-ring (bicyclic) bond motifs is 1. The number of pyridine rings is 1. The Bertz CT molecular complexity index is 885. The first-order valence-corrected chi connectivity index (χ1v) is 8.22. The predicted molar refractivity (Wildman–Crippen MR) is 93.1 cm³/mol. The smallest absolute Gasteiger partial charge is 0.252 e. The van der Waals surface area contributed by atoms with E-state index in [0.717, 1.165) is 39.5 Å². The molecule has 0 unspecified atom stereocenters. The molecule has 0 aliphatic carbocycles. The van der Waals surface area contributed by atoms with Crippen LogP contribution in [-0.4, -0.2) is 29.0 Å². The van der Waals surface area contributed by atoms with Gasteiger partial charge in [0.15, 0.2) is 0 Å². The molecule has 5 nitrogen and oxygen atoms in total. The van der Waals surface area contributed by atoms with E-state index < -0.39 is 0 Å². The quantitative estimate of drug-likeness (QED) is 0.782. The summed E-state index contributed by atoms with van der Waals surface area (Å²) in [4.78, 5) is 21.8. The normalized spacial score (nSPS) is 11.3. The van der Waals surface area contributed by atoms with Crippen LogP contribution in [0.25, 0.3) is 10.9 Å². The summed E-state index contributed by atoms with van der Waals surface area (Å²) in [6.07, 6.45) is 0. The predicted octanol–water partition coefficient (Wildman–Crippen LogP) is 2.93. The van der Waals surface area contributed by atoms with E-state index in [1.165, 1.54) is 0 Å². The van der Waals surface area contributed by atoms with E-state index in [1.54, 1.807) is 18.4 Å². The number of nitrogens with zero attached hydrogens (tertiary/aromatic N) is 2. The Hall–Kier alpha value is -2.18. The number of ether oxygens (including phenoxy) is 1. The van der Waals surface area contributed by atoms with Crippen LogP contribution in [-0.2, 0) is 13.1 Å². The highest BCUT2D eigenvalue weighted by Gasteiger charge is 2.09. The molecular weight excluding hydrogens is 310 g/mol. The minimum atomic E-state index is -0.0629. The Kier molecular flexibility index (Phi) is 4.45. The number of nitrogens with one attached hydrogen (secondary N) is 1. The van der Waals surface area contributed by atoms with Crippen molar-refractivity contribution in [1.82, 2.24) is 14.9 Å². The second kappa shape index (κ2) is 6.52. The molecule has 0 aliphatic heterocycles. The Morgan fingerprint density at radius 2 is 2.13 bits per heavy atom. The van der Waals surface area contributed by atoms with Gasteiger partial charge in [-0.05, 0) is 37.6 Å². The van der Waals surface area contributed by atoms with Crippen molar-refractivity contribution in [3.63, 3.8) is 0 Å². The highest BCUT2D eigenvalue weighted by atomic mass is 32.1. The standard InChI is InChI=1S/C17H19N3O2S/c1-11-18-14(10-23-11)9-20(2)8-13-6-12-4-5-15(22-3)7-16(12)19-17(13)21/h4-7,10H,8-9H2,1-3H3,(H,19,21). The third-order valence-corrected chi connectivity index (χ3v) is 4.49. The van der Waals surface area contributed by atoms with Crippen molar-refractivity contribution in [2.24, 2.45) is 0 Å². The first-order valence-electron chi connectivity index (χ1n) is 7.34. The van der Waals surface area contributed by atoms with Gasteiger partial charge >= 0.3 is 0 Å². The fraction of sp³-hybridized carbons (Fsp3) is 0.294. The van der Waals surface area contributed by atoms with E-state index in [9.17, 15) is 4.79 Å². The molecule has 2 aromatic heterocycles. The van der Waals surface area contributed by atoms with Crippen molar-refractivity contribution in [2.45, 2.75) is 20.0 Å². The minimum Gasteiger partial charge on any atom is -0.497 e. The van der Waals surface area contributed by atoms with Gasteiger partial charge in [0.25, 0.3) is 5.56 Å². The SMILES string of the molecule is COc1ccc2cc(CN(C)Cc3csc(C)n3)c(=O)[nH]c2c1. The summed E-state index contributed by atoms with van der Waals surface area (Å²) in [5.41, 5.74) is 2.51. The molecule has 0 atom stereocenters. The van der Waals surface area contributed by atoms with E-state index in [-0.39, 0.29) is 5.56 Å². The molecule has 0 aliphatic rings. The van der Waals surface area contributed by atoms with Gasteiger partial charge < -0.3 is 9.72 Å². The summed E-state index contributed by atoms with van der Waals surface area (Å²) < 4.78 is 5.19. The molecule has 0 bridgehead atoms. The van der Waals surface area contributed by atoms with Gasteiger partial charge in [0.1, 0.15) is 5.75 Å². The van der Waals surface area contributed by atoms with Gasteiger partial charge in [0.2, 0.25) is 0 Å². The molecule has 120 valence electrons. The number of aryl methyl sites for hydroxylation is 1. The molecule has 1 aromatic carbocycles. The third kappa shape index (κ3) is 3.60. The molecule has 3 rings (SSSR count). The van der Waals surface area contributed by atoms with Gasteiger partial charge in [0, 0.05) is 30.1 Å². The molecule has 0 saturated heterocycles. The van der Waals surface area contributed by atoms with Crippen LogP contribution in [0.3, 0.4) is 0 Å². The summed E-state index contributed by atoms with van der Waals surface area (Å²) in [7, 11) is 3.61. The maximum absolute atomic E-state index is 12.3. The van der Waals surface area contributed by atoms with Crippen LogP contribution >= 0.6 is 11.3 Å². The topological polar surface area (TPSA) is 58.2 Å². The van der Waals surface area contributed by atoms with Gasteiger partial charge in [-0.1, -0.05) is 0 Å². The van der Waals surface area contributed by atoms with E-state index in [0.29, 0.717) is 6.54 Å². The molecule has 6 heteroatoms. The number of hydrogen-bond donors (Lipinski definition) is 1. The summed E-state index contributed by atoms with van der Waals surface area (Å²) in [5, 5.41) is 4.12. The Morgan fingerprint density at radius 3 is 2.83 bits per heavy atom. The van der Waals surface area contributed by atoms with Crippen molar-refractivity contribution in [3.05, 3.63) is 56.3 Å². The zero-order chi connectivity index (χ0) is 16.4. The van der Waals surface area contributed by atoms with Gasteiger partial charge in [0.05, 0.1) is 23.3 Å². The zero-order valence-corrected chi connectivity index (χ0v) is 14.2. The maximum Gasteiger partial charge on any atom is 0.252 e. The Labute approximate surface area is 138 Å². The second-order valence-electron chi connectivity index (χ2n) is 5.61. The number of aromatic amines is 1. The van der Waals surface area contributed by atoms with Crippen molar-refractivity contribution < 1.29 is 4.74 Å². The average Bonchev–Trinajstić information content (AvgIpc) is 2.92. The highest BCUT2D eigenvalue weighted by molar-refractivity contribution is 7.09. The van der Waals surface area contributed by atoms with Crippen LogP contribution in [0, 0.1) is 6.92 Å². The van der Waals surface area contributed by atoms with E-state index in [4.69, 9.17) is 4.74 Å². The van der Waals surface area contributed by atoms with E-state index >= 15 is 0 Å². The monoisotopic (exact) mass is 329 g/mol. The molecule has 0 fully saturated rings. The number of aromatic nitrogens is 2. The lowest BCUT2D eigenvalue weighted by molar-refractivity contribution is 0.314. The summed E-state index contributed by atoms with van der Waals surface area (Å²) in [6.45, 7) is 3.30. The number of rotatable bonds is 5. The summed E-state index contributed by atoms with van der Waals surface area (Å²) >= 11 is 1.64. The molecule has 0 spiro atoms. The zero-order valence-electron chi connectivity index (χ0n) is 13.4. The third-order valence-electron chi connectivity index (χ3n) is 3.67. The number of methoxy groups -OCH3 is 1. The fourth-order valence-electron chi connectivity index (χ4n) is 2.57. The molecule has 23 heavy (non-hydrogen) atoms. The molecule has 1 N–H and O–H groups in total. The largest absolute Gasteiger partial charge is 0.497 e. The van der Waals surface area contributed by atoms with Crippen LogP contribution in [0.5, 0.6) is 5.75 Å². The Balaban J connectivity index is 1.82. The maximum atomic E-state index is 12.3. The molecular formula is C17H19N3O2S. The number of benzene rings is 1. The number of hydrogen-bond acceptors (Lipinski definition) is 5. The minimum absolute atomic E-state index is 0.0629. The van der Waals surface area contributed by atoms with E-state index in [1.807, 2.05) is 38.2 Å². The molecule has 3 aromatic rings. The van der Waals surface area contributed by atoms with Crippen LogP contribution < -0.4 is 10.3 Å². The molecule has 0 amide bonds. The Morgan fingerprint density at radius 1 is 1.30 bits per heavy atom. The van der Waals surface area contributed by atoms with Crippen LogP contribution in [0.1, 0.15) is 16.3 Å². The highest BCUT2D eigenvalue weighted by Crippen LogP contribution is 2.19. The first kappa shape index (κ1) is 15.7. The summed E-state index contributed by atoms with van der Waals surface area (Å²) in [6, 6.07) is 7.63. The van der Waals surface area contributed by atoms with Crippen LogP contribution in [0.15, 0.2) is 34.4 Å². The van der Waals surface area contributed by atoms with Crippen molar-refractivity contribution >= 4 is 22.2 Å². The number of H-pyrrole nitrogens is 1. The van der Waals surface area contributed by atoms with Crippen molar-refractivity contribution in [1.29, 1.82) is 0 Å². The lowest BCUT2D eigenvalue weighted by Crippen LogP contribution is -2.23. The molecule has 0 saturated carbocycles. The van der Waals surface area contributed by atoms with Gasteiger partial charge in [-0.3, -0.25) is 9.69 Å². The molecule has 0 radical (unpaired) electrons. The van der Waals surface area contributed by atoms with Gasteiger partial charge in [-0.15, -0.1) is 11.3 Å². The lowest BCUT2D eigenvalue weighted by Gasteiger charge is -2.15. The first-order chi connectivity index (χ1) is 11.0. The van der Waals surface area contributed by atoms with E-state index in [2.05, 4.69) is 20.2 Å². The molecule has 2 heterocycles. The van der Waals surface area contributed by atoms with Crippen LogP contribution in [0.4, 0.5) is 0 Å². The van der Waals surface area contributed by atoms with Gasteiger partial charge in [-0.25, -0.2) is 4.98 Å². The van der Waals surface area contributed by atoms with Crippen molar-refractivity contribution in [2.75, 3.05) is 14.2 Å². The average molecular weight is 329 g/mol. The summed E-state index contributed by atoms with van der Waals surface area (Å²) in [5.74, 6) is 0.733. The van der Waals surface area contributed by atoms with Crippen molar-refractivity contribution in [3.8, 4) is 5.75 Å². The fourth-order valence-corrected chi connectivity index (χ4v) is 3.18.